The molecule has 56 heavy (non-hydrogen) atoms. The Morgan fingerprint density at radius 2 is 1.64 bits per heavy atom. The number of piperidine rings is 1. The number of rotatable bonds is 17. The van der Waals surface area contributed by atoms with Crippen molar-refractivity contribution in [2.75, 3.05) is 39.9 Å². The minimum Gasteiger partial charge on any atom is -0.493 e. The number of primary amides is 1. The number of aromatic nitrogens is 1. The highest BCUT2D eigenvalue weighted by atomic mass is 16.5. The lowest BCUT2D eigenvalue weighted by atomic mass is 9.93. The van der Waals surface area contributed by atoms with Crippen LogP contribution in [0.2, 0.25) is 0 Å². The maximum atomic E-state index is 11.5. The number of benzene rings is 3. The van der Waals surface area contributed by atoms with Gasteiger partial charge in [0.2, 0.25) is 5.91 Å². The summed E-state index contributed by atoms with van der Waals surface area (Å²) in [5.41, 5.74) is 14.5. The number of amides is 1. The highest BCUT2D eigenvalue weighted by Crippen LogP contribution is 2.35. The SMILES string of the molecule is CC(CO)C(=O)O.CNCc1cc(C)c(OCc2cccc(-c3cccc(OCCCN4CCC(C(N)=O)CC4)c3C)c2C)cc1OCc1cncc(C#N)c1. The van der Waals surface area contributed by atoms with Crippen LogP contribution in [0.15, 0.2) is 67.0 Å². The van der Waals surface area contributed by atoms with E-state index in [1.54, 1.807) is 18.5 Å². The first-order chi connectivity index (χ1) is 26.9. The zero-order valence-corrected chi connectivity index (χ0v) is 33.1. The fraction of sp³-hybridized carbons (Fsp3) is 0.409. The maximum absolute atomic E-state index is 11.5. The van der Waals surface area contributed by atoms with Crippen molar-refractivity contribution < 1.29 is 34.0 Å². The van der Waals surface area contributed by atoms with Crippen molar-refractivity contribution in [3.05, 3.63) is 106 Å². The van der Waals surface area contributed by atoms with Crippen molar-refractivity contribution in [3.8, 4) is 34.4 Å². The van der Waals surface area contributed by atoms with Crippen LogP contribution in [0.25, 0.3) is 11.1 Å². The fourth-order valence-corrected chi connectivity index (χ4v) is 6.48. The predicted molar refractivity (Wildman–Crippen MR) is 215 cm³/mol. The van der Waals surface area contributed by atoms with E-state index in [0.29, 0.717) is 31.9 Å². The molecule has 0 spiro atoms. The smallest absolute Gasteiger partial charge is 0.308 e. The first-order valence-electron chi connectivity index (χ1n) is 19.0. The Morgan fingerprint density at radius 3 is 2.29 bits per heavy atom. The minimum absolute atomic E-state index is 0.0160. The molecule has 0 saturated carbocycles. The summed E-state index contributed by atoms with van der Waals surface area (Å²) >= 11 is 0. The Balaban J connectivity index is 0.000000908. The Hall–Kier alpha value is -5.48. The lowest BCUT2D eigenvalue weighted by molar-refractivity contribution is -0.142. The van der Waals surface area contributed by atoms with Gasteiger partial charge in [-0.25, -0.2) is 0 Å². The average molecular weight is 766 g/mol. The summed E-state index contributed by atoms with van der Waals surface area (Å²) < 4.78 is 18.9. The van der Waals surface area contributed by atoms with Gasteiger partial charge < -0.3 is 40.4 Å². The van der Waals surface area contributed by atoms with Gasteiger partial charge in [0, 0.05) is 48.6 Å². The zero-order chi connectivity index (χ0) is 40.6. The summed E-state index contributed by atoms with van der Waals surface area (Å²) in [5, 5.41) is 28.6. The molecule has 1 fully saturated rings. The van der Waals surface area contributed by atoms with Crippen molar-refractivity contribution in [2.24, 2.45) is 17.6 Å². The number of nitrogens with two attached hydrogens (primary N) is 1. The molecule has 5 rings (SSSR count). The summed E-state index contributed by atoms with van der Waals surface area (Å²) in [6.45, 7) is 12.2. The number of aryl methyl sites for hydroxylation is 1. The van der Waals surface area contributed by atoms with Crippen molar-refractivity contribution in [1.29, 1.82) is 5.26 Å². The highest BCUT2D eigenvalue weighted by molar-refractivity contribution is 5.76. The van der Waals surface area contributed by atoms with Crippen LogP contribution in [-0.2, 0) is 29.3 Å². The third-order valence-electron chi connectivity index (χ3n) is 10.0. The molecule has 1 unspecified atom stereocenters. The Labute approximate surface area is 330 Å². The number of nitrogens with zero attached hydrogens (tertiary/aromatic N) is 3. The number of aliphatic hydroxyl groups is 1. The highest BCUT2D eigenvalue weighted by Gasteiger charge is 2.22. The van der Waals surface area contributed by atoms with Crippen LogP contribution >= 0.6 is 0 Å². The van der Waals surface area contributed by atoms with Gasteiger partial charge in [0.15, 0.2) is 0 Å². The van der Waals surface area contributed by atoms with Crippen molar-refractivity contribution in [2.45, 2.75) is 66.7 Å². The van der Waals surface area contributed by atoms with E-state index in [4.69, 9.17) is 30.2 Å². The average Bonchev–Trinajstić information content (AvgIpc) is 3.20. The molecule has 0 aliphatic carbocycles. The molecule has 5 N–H and O–H groups in total. The largest absolute Gasteiger partial charge is 0.493 e. The lowest BCUT2D eigenvalue weighted by Gasteiger charge is -2.30. The number of pyridine rings is 1. The standard InChI is InChI=1S/C40H47N5O4.C4H8O3/c1-27-18-34(24-43-4)39(48-25-31-19-30(21-41)22-44-23-31)20-38(27)49-26-33-8-5-9-35(28(33)2)36-10-6-11-37(29(36)3)47-17-7-14-45-15-12-32(13-16-45)40(42)46;1-3(2-5)4(6)7/h5-6,8-11,18-20,22-23,32,43H,7,12-17,24-26H2,1-4H3,(H2,42,46);3,5H,2H2,1H3,(H,6,7). The summed E-state index contributed by atoms with van der Waals surface area (Å²) in [6, 6.07) is 20.5. The number of nitrogens with one attached hydrogen (secondary N) is 1. The molecule has 1 amide bonds. The number of ether oxygens (including phenoxy) is 3. The molecule has 4 aromatic rings. The predicted octanol–water partition coefficient (Wildman–Crippen LogP) is 6.09. The molecule has 3 aromatic carbocycles. The number of hydrogen-bond donors (Lipinski definition) is 4. The topological polar surface area (TPSA) is 180 Å². The van der Waals surface area contributed by atoms with E-state index in [1.807, 2.05) is 26.1 Å². The molecule has 1 aromatic heterocycles. The van der Waals surface area contributed by atoms with Gasteiger partial charge >= 0.3 is 5.97 Å². The molecule has 1 saturated heterocycles. The van der Waals surface area contributed by atoms with Gasteiger partial charge in [-0.3, -0.25) is 14.6 Å². The van der Waals surface area contributed by atoms with E-state index in [0.717, 1.165) is 101 Å². The minimum atomic E-state index is -0.956. The second-order valence-electron chi connectivity index (χ2n) is 14.2. The molecule has 0 radical (unpaired) electrons. The van der Waals surface area contributed by atoms with Gasteiger partial charge in [-0.15, -0.1) is 0 Å². The third-order valence-corrected chi connectivity index (χ3v) is 10.0. The molecule has 1 aliphatic rings. The molecule has 1 aliphatic heterocycles. The molecule has 0 bridgehead atoms. The van der Waals surface area contributed by atoms with Crippen molar-refractivity contribution in [1.82, 2.24) is 15.2 Å². The van der Waals surface area contributed by atoms with E-state index in [1.165, 1.54) is 6.92 Å². The number of carbonyl (C=O) groups is 2. The van der Waals surface area contributed by atoms with Crippen LogP contribution in [0, 0.1) is 43.9 Å². The molecule has 1 atom stereocenters. The van der Waals surface area contributed by atoms with E-state index in [2.05, 4.69) is 71.5 Å². The van der Waals surface area contributed by atoms with Gasteiger partial charge in [0.05, 0.1) is 24.7 Å². The zero-order valence-electron chi connectivity index (χ0n) is 33.1. The van der Waals surface area contributed by atoms with Crippen LogP contribution in [-0.4, -0.2) is 71.9 Å². The number of nitriles is 1. The number of aliphatic hydroxyl groups excluding tert-OH is 1. The van der Waals surface area contributed by atoms with E-state index >= 15 is 0 Å². The third kappa shape index (κ3) is 12.3. The summed E-state index contributed by atoms with van der Waals surface area (Å²) in [4.78, 5) is 27.8. The normalized spacial score (nSPS) is 13.5. The van der Waals surface area contributed by atoms with Gasteiger partial charge in [-0.05, 0) is 119 Å². The van der Waals surface area contributed by atoms with E-state index in [-0.39, 0.29) is 18.4 Å². The first kappa shape index (κ1) is 43.3. The Morgan fingerprint density at radius 1 is 0.946 bits per heavy atom. The number of aliphatic carboxylic acids is 1. The maximum Gasteiger partial charge on any atom is 0.308 e. The monoisotopic (exact) mass is 765 g/mol. The Kier molecular flexibility index (Phi) is 16.7. The van der Waals surface area contributed by atoms with Crippen LogP contribution in [0.3, 0.4) is 0 Å². The second kappa shape index (κ2) is 21.6. The van der Waals surface area contributed by atoms with Gasteiger partial charge in [-0.1, -0.05) is 30.3 Å². The van der Waals surface area contributed by atoms with Crippen LogP contribution in [0.5, 0.6) is 17.2 Å². The summed E-state index contributed by atoms with van der Waals surface area (Å²) in [7, 11) is 1.91. The van der Waals surface area contributed by atoms with E-state index < -0.39 is 11.9 Å². The summed E-state index contributed by atoms with van der Waals surface area (Å²) in [6.07, 6.45) is 5.86. The molecular formula is C44H55N5O7. The van der Waals surface area contributed by atoms with Gasteiger partial charge in [-0.2, -0.15) is 5.26 Å². The van der Waals surface area contributed by atoms with Gasteiger partial charge in [0.1, 0.15) is 36.5 Å². The molecule has 2 heterocycles. The molecule has 298 valence electrons. The number of carbonyl (C=O) groups excluding carboxylic acids is 1. The molecular weight excluding hydrogens is 711 g/mol. The van der Waals surface area contributed by atoms with Gasteiger partial charge in [0.25, 0.3) is 0 Å². The number of carboxylic acids is 1. The second-order valence-corrected chi connectivity index (χ2v) is 14.2. The van der Waals surface area contributed by atoms with Crippen LogP contribution in [0.1, 0.15) is 65.1 Å². The lowest BCUT2D eigenvalue weighted by Crippen LogP contribution is -2.39. The van der Waals surface area contributed by atoms with E-state index in [9.17, 15) is 14.9 Å². The quantitative estimate of drug-likeness (QED) is 0.0914. The number of likely N-dealkylation sites (tertiary alicyclic amines) is 1. The van der Waals surface area contributed by atoms with Crippen LogP contribution in [0.4, 0.5) is 0 Å². The fourth-order valence-electron chi connectivity index (χ4n) is 6.48. The molecule has 12 nitrogen and oxygen atoms in total. The van der Waals surface area contributed by atoms with Crippen molar-refractivity contribution in [3.63, 3.8) is 0 Å². The number of carboxylic acid groups (broad SMARTS) is 1. The molecule has 12 heteroatoms. The summed E-state index contributed by atoms with van der Waals surface area (Å²) in [5.74, 6) is 0.637. The van der Waals surface area contributed by atoms with Crippen LogP contribution < -0.4 is 25.3 Å². The Bertz CT molecular complexity index is 1970. The number of hydrogen-bond acceptors (Lipinski definition) is 10. The first-order valence-corrected chi connectivity index (χ1v) is 19.0. The van der Waals surface area contributed by atoms with Crippen molar-refractivity contribution >= 4 is 11.9 Å².